The molecule has 2 N–H and O–H groups in total. The molecule has 1 saturated heterocycles. The van der Waals surface area contributed by atoms with Crippen molar-refractivity contribution in [2.45, 2.75) is 13.0 Å². The molecule has 0 bridgehead atoms. The minimum absolute atomic E-state index is 0.278. The largest absolute Gasteiger partial charge is 0.378 e. The quantitative estimate of drug-likeness (QED) is 0.595. The topological polar surface area (TPSA) is 138 Å². The van der Waals surface area contributed by atoms with E-state index in [0.29, 0.717) is 54.0 Å². The van der Waals surface area contributed by atoms with Crippen LogP contribution in [-0.2, 0) is 4.74 Å². The Kier molecular flexibility index (Phi) is 5.87. The van der Waals surface area contributed by atoms with Gasteiger partial charge in [0.25, 0.3) is 0 Å². The van der Waals surface area contributed by atoms with Gasteiger partial charge in [0.15, 0.2) is 10.9 Å². The van der Waals surface area contributed by atoms with Crippen molar-refractivity contribution in [2.75, 3.05) is 41.8 Å². The highest BCUT2D eigenvalue weighted by atomic mass is 32.1. The third-order valence-corrected chi connectivity index (χ3v) is 4.94. The van der Waals surface area contributed by atoms with Crippen molar-refractivity contribution in [1.82, 2.24) is 29.9 Å². The second-order valence-electron chi connectivity index (χ2n) is 6.27. The van der Waals surface area contributed by atoms with E-state index in [1.165, 1.54) is 17.5 Å². The van der Waals surface area contributed by atoms with Crippen molar-refractivity contribution in [1.29, 1.82) is 5.26 Å². The van der Waals surface area contributed by atoms with Crippen LogP contribution in [0.25, 0.3) is 0 Å². The summed E-state index contributed by atoms with van der Waals surface area (Å²) in [6.07, 6.45) is 3.69. The van der Waals surface area contributed by atoms with Crippen LogP contribution in [0.1, 0.15) is 23.7 Å². The molecule has 1 atom stereocenters. The average Bonchev–Trinajstić information content (AvgIpc) is 3.22. The fraction of sp³-hybridized carbons (Fsp3) is 0.353. The summed E-state index contributed by atoms with van der Waals surface area (Å²) in [5.41, 5.74) is 0. The molecule has 4 heterocycles. The first-order valence-corrected chi connectivity index (χ1v) is 9.88. The van der Waals surface area contributed by atoms with Gasteiger partial charge in [-0.25, -0.2) is 19.3 Å². The molecular weight excluding hydrogens is 411 g/mol. The van der Waals surface area contributed by atoms with Gasteiger partial charge in [0.05, 0.1) is 37.8 Å². The third-order valence-electron chi connectivity index (χ3n) is 4.13. The highest BCUT2D eigenvalue weighted by molar-refractivity contribution is 7.16. The van der Waals surface area contributed by atoms with Gasteiger partial charge >= 0.3 is 0 Å². The van der Waals surface area contributed by atoms with Crippen molar-refractivity contribution in [3.8, 4) is 6.07 Å². The van der Waals surface area contributed by atoms with Crippen LogP contribution in [0.4, 0.5) is 27.4 Å². The minimum atomic E-state index is -0.507. The van der Waals surface area contributed by atoms with E-state index >= 15 is 0 Å². The van der Waals surface area contributed by atoms with Crippen molar-refractivity contribution in [3.63, 3.8) is 0 Å². The van der Waals surface area contributed by atoms with E-state index in [0.717, 1.165) is 12.4 Å². The van der Waals surface area contributed by atoms with E-state index < -0.39 is 5.82 Å². The van der Waals surface area contributed by atoms with E-state index in [9.17, 15) is 4.39 Å². The van der Waals surface area contributed by atoms with Crippen LogP contribution in [0.3, 0.4) is 0 Å². The SMILES string of the molecule is C[C@H](Nc1nc(Nc2ncc(C#N)s2)nc(N2CCOCC2)n1)c1ncc(F)cn1. The zero-order chi connectivity index (χ0) is 20.9. The number of anilines is 4. The molecular formula is C17H17FN10OS. The van der Waals surface area contributed by atoms with Gasteiger partial charge in [0.2, 0.25) is 17.8 Å². The first-order valence-electron chi connectivity index (χ1n) is 9.06. The Morgan fingerprint density at radius 1 is 1.13 bits per heavy atom. The zero-order valence-corrected chi connectivity index (χ0v) is 16.7. The number of halogens is 1. The lowest BCUT2D eigenvalue weighted by Gasteiger charge is -2.27. The number of ether oxygens (including phenoxy) is 1. The normalized spacial score (nSPS) is 14.8. The zero-order valence-electron chi connectivity index (χ0n) is 15.9. The molecule has 4 rings (SSSR count). The maximum absolute atomic E-state index is 13.1. The Labute approximate surface area is 175 Å². The number of hydrogen-bond donors (Lipinski definition) is 2. The van der Waals surface area contributed by atoms with Crippen LogP contribution in [0.2, 0.25) is 0 Å². The number of thiazole rings is 1. The predicted octanol–water partition coefficient (Wildman–Crippen LogP) is 1.88. The second kappa shape index (κ2) is 8.89. The van der Waals surface area contributed by atoms with Crippen LogP contribution in [0, 0.1) is 17.1 Å². The summed E-state index contributed by atoms with van der Waals surface area (Å²) in [6, 6.07) is 1.67. The maximum Gasteiger partial charge on any atom is 0.235 e. The molecule has 154 valence electrons. The van der Waals surface area contributed by atoms with Crippen molar-refractivity contribution in [3.05, 3.63) is 35.1 Å². The summed E-state index contributed by atoms with van der Waals surface area (Å²) >= 11 is 1.19. The Bertz CT molecular complexity index is 1050. The summed E-state index contributed by atoms with van der Waals surface area (Å²) in [4.78, 5) is 28.0. The number of nitrogens with one attached hydrogen (secondary N) is 2. The number of rotatable bonds is 6. The Morgan fingerprint density at radius 3 is 2.57 bits per heavy atom. The number of nitrogens with zero attached hydrogens (tertiary/aromatic N) is 8. The molecule has 0 spiro atoms. The lowest BCUT2D eigenvalue weighted by molar-refractivity contribution is 0.122. The molecule has 3 aromatic rings. The molecule has 0 radical (unpaired) electrons. The van der Waals surface area contributed by atoms with Gasteiger partial charge in [-0.1, -0.05) is 11.3 Å². The number of aromatic nitrogens is 6. The smallest absolute Gasteiger partial charge is 0.235 e. The van der Waals surface area contributed by atoms with E-state index in [1.807, 2.05) is 17.9 Å². The van der Waals surface area contributed by atoms with E-state index in [-0.39, 0.29) is 12.0 Å². The van der Waals surface area contributed by atoms with Crippen LogP contribution in [0.15, 0.2) is 18.6 Å². The molecule has 1 fully saturated rings. The highest BCUT2D eigenvalue weighted by Gasteiger charge is 2.19. The van der Waals surface area contributed by atoms with Crippen LogP contribution < -0.4 is 15.5 Å². The van der Waals surface area contributed by atoms with E-state index in [2.05, 4.69) is 40.5 Å². The number of hydrogen-bond acceptors (Lipinski definition) is 12. The molecule has 0 saturated carbocycles. The van der Waals surface area contributed by atoms with Crippen LogP contribution in [-0.4, -0.2) is 56.2 Å². The highest BCUT2D eigenvalue weighted by Crippen LogP contribution is 2.23. The summed E-state index contributed by atoms with van der Waals surface area (Å²) in [6.45, 7) is 4.27. The average molecular weight is 428 g/mol. The second-order valence-corrected chi connectivity index (χ2v) is 7.30. The van der Waals surface area contributed by atoms with Gasteiger partial charge in [-0.15, -0.1) is 0 Å². The van der Waals surface area contributed by atoms with Crippen molar-refractivity contribution >= 4 is 34.3 Å². The van der Waals surface area contributed by atoms with Crippen LogP contribution >= 0.6 is 11.3 Å². The first-order chi connectivity index (χ1) is 14.6. The minimum Gasteiger partial charge on any atom is -0.378 e. The van der Waals surface area contributed by atoms with Gasteiger partial charge < -0.3 is 15.0 Å². The molecule has 0 amide bonds. The predicted molar refractivity (Wildman–Crippen MR) is 107 cm³/mol. The summed E-state index contributed by atoms with van der Waals surface area (Å²) in [7, 11) is 0. The van der Waals surface area contributed by atoms with E-state index in [1.54, 1.807) is 0 Å². The Balaban J connectivity index is 1.60. The Morgan fingerprint density at radius 2 is 1.87 bits per heavy atom. The number of nitriles is 1. The number of morpholine rings is 1. The van der Waals surface area contributed by atoms with E-state index in [4.69, 9.17) is 10.00 Å². The summed E-state index contributed by atoms with van der Waals surface area (Å²) in [5.74, 6) is 0.944. The van der Waals surface area contributed by atoms with Crippen molar-refractivity contribution < 1.29 is 9.13 Å². The van der Waals surface area contributed by atoms with Gasteiger partial charge in [0, 0.05) is 13.1 Å². The molecule has 0 aliphatic carbocycles. The summed E-state index contributed by atoms with van der Waals surface area (Å²) in [5, 5.41) is 15.6. The van der Waals surface area contributed by atoms with Gasteiger partial charge in [-0.05, 0) is 6.92 Å². The molecule has 0 unspecified atom stereocenters. The maximum atomic E-state index is 13.1. The lowest BCUT2D eigenvalue weighted by atomic mass is 10.3. The molecule has 11 nitrogen and oxygen atoms in total. The standard InChI is InChI=1S/C17H17FN10OS/c1-10(13-20-7-11(18)8-21-13)23-14-24-15(27-17-22-9-12(6-19)30-17)26-16(25-14)28-2-4-29-5-3-28/h7-10H,2-5H2,1H3,(H2,22,23,24,25,26,27)/t10-/m0/s1. The molecule has 30 heavy (non-hydrogen) atoms. The fourth-order valence-corrected chi connectivity index (χ4v) is 3.28. The van der Waals surface area contributed by atoms with Crippen LogP contribution in [0.5, 0.6) is 0 Å². The van der Waals surface area contributed by atoms with Gasteiger partial charge in [0.1, 0.15) is 16.8 Å². The van der Waals surface area contributed by atoms with Gasteiger partial charge in [-0.3, -0.25) is 5.32 Å². The molecule has 13 heteroatoms. The molecule has 1 aliphatic heterocycles. The third kappa shape index (κ3) is 4.73. The molecule has 3 aromatic heterocycles. The molecule has 0 aromatic carbocycles. The first kappa shape index (κ1) is 19.8. The fourth-order valence-electron chi connectivity index (χ4n) is 2.67. The lowest BCUT2D eigenvalue weighted by Crippen LogP contribution is -2.37. The van der Waals surface area contributed by atoms with Crippen molar-refractivity contribution in [2.24, 2.45) is 0 Å². The van der Waals surface area contributed by atoms with Gasteiger partial charge in [-0.2, -0.15) is 20.2 Å². The molecule has 1 aliphatic rings. The monoisotopic (exact) mass is 428 g/mol. The Hall–Kier alpha value is -3.50. The summed E-state index contributed by atoms with van der Waals surface area (Å²) < 4.78 is 18.5.